The van der Waals surface area contributed by atoms with Crippen molar-refractivity contribution >= 4 is 11.6 Å². The van der Waals surface area contributed by atoms with Crippen LogP contribution in [0.1, 0.15) is 85.0 Å². The first-order valence-electron chi connectivity index (χ1n) is 9.87. The highest BCUT2D eigenvalue weighted by atomic mass is 16.3. The molecule has 1 N–H and O–H groups in total. The Labute approximate surface area is 147 Å². The molecule has 0 aromatic carbocycles. The molecule has 138 valence electrons. The fraction of sp³-hybridized carbons (Fsp3) is 0.810. The zero-order chi connectivity index (χ0) is 17.9. The highest BCUT2D eigenvalue weighted by molar-refractivity contribution is 5.84. The van der Waals surface area contributed by atoms with E-state index in [-0.39, 0.29) is 29.8 Å². The maximum Gasteiger partial charge on any atom is 0.139 e. The van der Waals surface area contributed by atoms with Crippen LogP contribution in [0.25, 0.3) is 0 Å². The van der Waals surface area contributed by atoms with Crippen LogP contribution in [-0.4, -0.2) is 22.8 Å². The van der Waals surface area contributed by atoms with Crippen molar-refractivity contribution in [1.82, 2.24) is 0 Å². The predicted molar refractivity (Wildman–Crippen MR) is 98.8 cm³/mol. The molecule has 0 heterocycles. The molecule has 4 atom stereocenters. The van der Waals surface area contributed by atoms with Gasteiger partial charge in [-0.2, -0.15) is 0 Å². The molecule has 1 rings (SSSR count). The lowest BCUT2D eigenvalue weighted by atomic mass is 9.86. The van der Waals surface area contributed by atoms with Crippen LogP contribution in [0.15, 0.2) is 12.2 Å². The molecule has 0 bridgehead atoms. The molecule has 3 heteroatoms. The lowest BCUT2D eigenvalue weighted by Gasteiger charge is -2.19. The Bertz CT molecular complexity index is 413. The van der Waals surface area contributed by atoms with Crippen LogP contribution < -0.4 is 0 Å². The predicted octanol–water partition coefficient (Wildman–Crippen LogP) is 4.86. The summed E-state index contributed by atoms with van der Waals surface area (Å²) in [6.07, 6.45) is 11.9. The molecule has 1 saturated carbocycles. The fourth-order valence-electron chi connectivity index (χ4n) is 3.48. The van der Waals surface area contributed by atoms with Gasteiger partial charge in [-0.3, -0.25) is 9.59 Å². The normalized spacial score (nSPS) is 25.5. The maximum absolute atomic E-state index is 12.2. The van der Waals surface area contributed by atoms with E-state index in [2.05, 4.69) is 32.9 Å². The SMILES string of the molecule is CCCCCC(=O)CCC1C(O)CC(=O)C1C/C=C/CC(C)CC. The van der Waals surface area contributed by atoms with E-state index in [9.17, 15) is 14.7 Å². The lowest BCUT2D eigenvalue weighted by molar-refractivity contribution is -0.122. The van der Waals surface area contributed by atoms with E-state index in [0.29, 0.717) is 31.6 Å². The second-order valence-electron chi connectivity index (χ2n) is 7.50. The average molecular weight is 337 g/mol. The molecule has 0 amide bonds. The molecule has 4 unspecified atom stereocenters. The van der Waals surface area contributed by atoms with Crippen LogP contribution in [0.5, 0.6) is 0 Å². The number of ketones is 2. The number of aliphatic hydroxyl groups is 1. The van der Waals surface area contributed by atoms with Gasteiger partial charge in [0.25, 0.3) is 0 Å². The minimum Gasteiger partial charge on any atom is -0.392 e. The van der Waals surface area contributed by atoms with Crippen molar-refractivity contribution < 1.29 is 14.7 Å². The van der Waals surface area contributed by atoms with Crippen LogP contribution in [0.2, 0.25) is 0 Å². The van der Waals surface area contributed by atoms with Crippen molar-refractivity contribution in [3.05, 3.63) is 12.2 Å². The smallest absolute Gasteiger partial charge is 0.139 e. The molecular formula is C21H36O3. The third kappa shape index (κ3) is 7.29. The Balaban J connectivity index is 2.44. The summed E-state index contributed by atoms with van der Waals surface area (Å²) in [7, 11) is 0. The zero-order valence-electron chi connectivity index (χ0n) is 15.8. The summed E-state index contributed by atoms with van der Waals surface area (Å²) in [6, 6.07) is 0. The summed E-state index contributed by atoms with van der Waals surface area (Å²) in [5, 5.41) is 10.2. The summed E-state index contributed by atoms with van der Waals surface area (Å²) < 4.78 is 0. The summed E-state index contributed by atoms with van der Waals surface area (Å²) in [5.41, 5.74) is 0. The molecule has 3 nitrogen and oxygen atoms in total. The topological polar surface area (TPSA) is 54.4 Å². The first-order valence-corrected chi connectivity index (χ1v) is 9.87. The molecule has 1 fully saturated rings. The van der Waals surface area contributed by atoms with Gasteiger partial charge in [0.1, 0.15) is 11.6 Å². The molecule has 0 radical (unpaired) electrons. The highest BCUT2D eigenvalue weighted by Crippen LogP contribution is 2.35. The Kier molecular flexibility index (Phi) is 10.2. The number of carbonyl (C=O) groups is 2. The number of allylic oxidation sites excluding steroid dienone is 2. The van der Waals surface area contributed by atoms with E-state index in [1.54, 1.807) is 0 Å². The van der Waals surface area contributed by atoms with Gasteiger partial charge in [-0.15, -0.1) is 0 Å². The second kappa shape index (κ2) is 11.6. The third-order valence-corrected chi connectivity index (χ3v) is 5.44. The Hall–Kier alpha value is -0.960. The van der Waals surface area contributed by atoms with E-state index in [1.807, 2.05) is 0 Å². The van der Waals surface area contributed by atoms with E-state index in [0.717, 1.165) is 32.1 Å². The minimum absolute atomic E-state index is 0.0409. The van der Waals surface area contributed by atoms with Crippen LogP contribution in [-0.2, 0) is 9.59 Å². The summed E-state index contributed by atoms with van der Waals surface area (Å²) in [6.45, 7) is 6.54. The Morgan fingerprint density at radius 3 is 2.67 bits per heavy atom. The molecule has 24 heavy (non-hydrogen) atoms. The van der Waals surface area contributed by atoms with Crippen molar-refractivity contribution in [3.63, 3.8) is 0 Å². The van der Waals surface area contributed by atoms with Gasteiger partial charge >= 0.3 is 0 Å². The molecule has 1 aliphatic rings. The molecule has 0 aromatic rings. The number of hydrogen-bond acceptors (Lipinski definition) is 3. The highest BCUT2D eigenvalue weighted by Gasteiger charge is 2.40. The first kappa shape index (κ1) is 21.1. The molecule has 1 aliphatic carbocycles. The summed E-state index contributed by atoms with van der Waals surface area (Å²) >= 11 is 0. The number of unbranched alkanes of at least 4 members (excludes halogenated alkanes) is 2. The summed E-state index contributed by atoms with van der Waals surface area (Å²) in [4.78, 5) is 24.1. The molecule has 0 aromatic heterocycles. The minimum atomic E-state index is -0.561. The fourth-order valence-corrected chi connectivity index (χ4v) is 3.48. The van der Waals surface area contributed by atoms with Gasteiger partial charge in [-0.05, 0) is 37.5 Å². The average Bonchev–Trinajstić information content (AvgIpc) is 2.82. The van der Waals surface area contributed by atoms with E-state index < -0.39 is 6.10 Å². The third-order valence-electron chi connectivity index (χ3n) is 5.44. The molecule has 0 saturated heterocycles. The van der Waals surface area contributed by atoms with Gasteiger partial charge < -0.3 is 5.11 Å². The van der Waals surface area contributed by atoms with Gasteiger partial charge in [0, 0.05) is 25.2 Å². The monoisotopic (exact) mass is 336 g/mol. The maximum atomic E-state index is 12.2. The quantitative estimate of drug-likeness (QED) is 0.409. The Morgan fingerprint density at radius 1 is 1.25 bits per heavy atom. The lowest BCUT2D eigenvalue weighted by Crippen LogP contribution is -2.21. The van der Waals surface area contributed by atoms with Gasteiger partial charge in [0.15, 0.2) is 0 Å². The largest absolute Gasteiger partial charge is 0.392 e. The number of hydrogen-bond donors (Lipinski definition) is 1. The second-order valence-corrected chi connectivity index (χ2v) is 7.50. The van der Waals surface area contributed by atoms with Crippen molar-refractivity contribution in [3.8, 4) is 0 Å². The molecular weight excluding hydrogens is 300 g/mol. The Morgan fingerprint density at radius 2 is 2.00 bits per heavy atom. The van der Waals surface area contributed by atoms with E-state index in [1.165, 1.54) is 0 Å². The summed E-state index contributed by atoms with van der Waals surface area (Å²) in [5.74, 6) is 0.973. The molecule has 0 aliphatic heterocycles. The van der Waals surface area contributed by atoms with Gasteiger partial charge in [-0.25, -0.2) is 0 Å². The van der Waals surface area contributed by atoms with Gasteiger partial charge in [0.2, 0.25) is 0 Å². The van der Waals surface area contributed by atoms with Crippen LogP contribution in [0.4, 0.5) is 0 Å². The number of aliphatic hydroxyl groups excluding tert-OH is 1. The van der Waals surface area contributed by atoms with Crippen LogP contribution >= 0.6 is 0 Å². The number of rotatable bonds is 12. The first-order chi connectivity index (χ1) is 11.5. The van der Waals surface area contributed by atoms with Crippen LogP contribution in [0, 0.1) is 17.8 Å². The standard InChI is InChI=1S/C21H36O3/c1-4-6-7-11-17(22)13-14-19-18(20(23)15-21(19)24)12-9-8-10-16(3)5-2/h8-9,16,18-19,21,24H,4-7,10-15H2,1-3H3/b9-8+. The van der Waals surface area contributed by atoms with E-state index in [4.69, 9.17) is 0 Å². The van der Waals surface area contributed by atoms with Crippen molar-refractivity contribution in [2.75, 3.05) is 0 Å². The van der Waals surface area contributed by atoms with Crippen molar-refractivity contribution in [2.24, 2.45) is 17.8 Å². The van der Waals surface area contributed by atoms with Gasteiger partial charge in [-0.1, -0.05) is 52.2 Å². The van der Waals surface area contributed by atoms with E-state index >= 15 is 0 Å². The van der Waals surface area contributed by atoms with Crippen molar-refractivity contribution in [1.29, 1.82) is 0 Å². The van der Waals surface area contributed by atoms with Crippen LogP contribution in [0.3, 0.4) is 0 Å². The number of carbonyl (C=O) groups excluding carboxylic acids is 2. The van der Waals surface area contributed by atoms with Gasteiger partial charge in [0.05, 0.1) is 6.10 Å². The van der Waals surface area contributed by atoms with Crippen molar-refractivity contribution in [2.45, 2.75) is 91.1 Å². The number of Topliss-reactive ketones (excluding diaryl/α,β-unsaturated/α-hetero) is 2. The zero-order valence-corrected chi connectivity index (χ0v) is 15.8. The molecule has 0 spiro atoms.